The first-order chi connectivity index (χ1) is 9.10. The van der Waals surface area contributed by atoms with Crippen LogP contribution >= 0.6 is 11.6 Å². The van der Waals surface area contributed by atoms with Crippen LogP contribution in [0.1, 0.15) is 29.7 Å². The first-order valence-electron chi connectivity index (χ1n) is 5.86. The average molecular weight is 273 g/mol. The van der Waals surface area contributed by atoms with Crippen molar-refractivity contribution in [2.75, 3.05) is 5.32 Å². The Morgan fingerprint density at radius 1 is 1.32 bits per heavy atom. The Morgan fingerprint density at radius 2 is 2.00 bits per heavy atom. The van der Waals surface area contributed by atoms with Crippen molar-refractivity contribution in [2.45, 2.75) is 19.9 Å². The number of nitrogens with one attached hydrogen (secondary N) is 1. The molecular formula is C14H13ClN4. The summed E-state index contributed by atoms with van der Waals surface area (Å²) >= 11 is 5.79. The van der Waals surface area contributed by atoms with Crippen LogP contribution in [-0.2, 0) is 0 Å². The number of nitrogens with zero attached hydrogens (tertiary/aromatic N) is 3. The average Bonchev–Trinajstić information content (AvgIpc) is 2.43. The Hall–Kier alpha value is -2.12. The molecule has 0 fully saturated rings. The van der Waals surface area contributed by atoms with Gasteiger partial charge in [-0.2, -0.15) is 5.26 Å². The summed E-state index contributed by atoms with van der Waals surface area (Å²) in [5.74, 6) is 0.719. The summed E-state index contributed by atoms with van der Waals surface area (Å²) in [6, 6.07) is 9.62. The number of nitriles is 1. The lowest BCUT2D eigenvalue weighted by molar-refractivity contribution is 0.868. The van der Waals surface area contributed by atoms with E-state index in [1.54, 1.807) is 18.3 Å². The van der Waals surface area contributed by atoms with Gasteiger partial charge in [-0.3, -0.25) is 0 Å². The number of hydrogen-bond donors (Lipinski definition) is 1. The number of benzene rings is 1. The van der Waals surface area contributed by atoms with Crippen LogP contribution in [0.4, 0.5) is 5.82 Å². The second-order valence-electron chi connectivity index (χ2n) is 4.27. The molecule has 0 saturated heterocycles. The van der Waals surface area contributed by atoms with Gasteiger partial charge in [-0.15, -0.1) is 0 Å². The molecule has 96 valence electrons. The van der Waals surface area contributed by atoms with E-state index < -0.39 is 0 Å². The highest BCUT2D eigenvalue weighted by Crippen LogP contribution is 2.21. The maximum atomic E-state index is 8.77. The third-order valence-electron chi connectivity index (χ3n) is 2.84. The Kier molecular flexibility index (Phi) is 3.98. The SMILES string of the molecule is Cc1cnc(Cl)nc1NC(C)c1ccc(C#N)cc1. The lowest BCUT2D eigenvalue weighted by Gasteiger charge is -2.16. The van der Waals surface area contributed by atoms with Gasteiger partial charge >= 0.3 is 0 Å². The predicted molar refractivity (Wildman–Crippen MR) is 75.0 cm³/mol. The van der Waals surface area contributed by atoms with Gasteiger partial charge in [0, 0.05) is 17.8 Å². The Labute approximate surface area is 117 Å². The molecule has 4 nitrogen and oxygen atoms in total. The quantitative estimate of drug-likeness (QED) is 0.869. The summed E-state index contributed by atoms with van der Waals surface area (Å²) in [7, 11) is 0. The van der Waals surface area contributed by atoms with Crippen LogP contribution in [0.5, 0.6) is 0 Å². The monoisotopic (exact) mass is 272 g/mol. The van der Waals surface area contributed by atoms with Gasteiger partial charge in [0.1, 0.15) is 5.82 Å². The Morgan fingerprint density at radius 3 is 2.63 bits per heavy atom. The van der Waals surface area contributed by atoms with Crippen LogP contribution in [0.3, 0.4) is 0 Å². The molecule has 0 aliphatic heterocycles. The fraction of sp³-hybridized carbons (Fsp3) is 0.214. The molecule has 1 heterocycles. The highest BCUT2D eigenvalue weighted by atomic mass is 35.5. The van der Waals surface area contributed by atoms with Crippen molar-refractivity contribution < 1.29 is 0 Å². The van der Waals surface area contributed by atoms with Gasteiger partial charge in [-0.05, 0) is 43.1 Å². The van der Waals surface area contributed by atoms with Crippen LogP contribution in [0.25, 0.3) is 0 Å². The minimum Gasteiger partial charge on any atom is -0.363 e. The maximum absolute atomic E-state index is 8.77. The van der Waals surface area contributed by atoms with Crippen LogP contribution in [0, 0.1) is 18.3 Å². The summed E-state index contributed by atoms with van der Waals surface area (Å²) in [4.78, 5) is 8.08. The summed E-state index contributed by atoms with van der Waals surface area (Å²) in [5.41, 5.74) is 2.66. The van der Waals surface area contributed by atoms with E-state index in [1.165, 1.54) is 0 Å². The molecule has 1 atom stereocenters. The van der Waals surface area contributed by atoms with E-state index in [9.17, 15) is 0 Å². The topological polar surface area (TPSA) is 61.6 Å². The van der Waals surface area contributed by atoms with Gasteiger partial charge in [0.25, 0.3) is 0 Å². The molecule has 2 aromatic rings. The molecule has 1 N–H and O–H groups in total. The third-order valence-corrected chi connectivity index (χ3v) is 3.02. The number of hydrogen-bond acceptors (Lipinski definition) is 4. The summed E-state index contributed by atoms with van der Waals surface area (Å²) in [6.45, 7) is 3.95. The fourth-order valence-corrected chi connectivity index (χ4v) is 1.83. The Bertz CT molecular complexity index is 616. The molecule has 1 unspecified atom stereocenters. The first kappa shape index (κ1) is 13.3. The highest BCUT2D eigenvalue weighted by molar-refractivity contribution is 6.28. The van der Waals surface area contributed by atoms with Gasteiger partial charge in [0.05, 0.1) is 11.6 Å². The van der Waals surface area contributed by atoms with Crippen LogP contribution < -0.4 is 5.32 Å². The van der Waals surface area contributed by atoms with Crippen molar-refractivity contribution in [1.82, 2.24) is 9.97 Å². The van der Waals surface area contributed by atoms with E-state index in [0.717, 1.165) is 16.9 Å². The molecule has 0 amide bonds. The second kappa shape index (κ2) is 5.68. The third kappa shape index (κ3) is 3.21. The Balaban J connectivity index is 2.18. The standard InChI is InChI=1S/C14H13ClN4/c1-9-8-17-14(15)19-13(9)18-10(2)12-5-3-11(7-16)4-6-12/h3-6,8,10H,1-2H3,(H,17,18,19). The molecule has 1 aromatic heterocycles. The molecular weight excluding hydrogens is 260 g/mol. The summed E-state index contributed by atoms with van der Waals surface area (Å²) in [6.07, 6.45) is 1.68. The van der Waals surface area contributed by atoms with Gasteiger partial charge < -0.3 is 5.32 Å². The van der Waals surface area contributed by atoms with E-state index in [1.807, 2.05) is 26.0 Å². The lowest BCUT2D eigenvalue weighted by Crippen LogP contribution is -2.09. The zero-order valence-electron chi connectivity index (χ0n) is 10.7. The van der Waals surface area contributed by atoms with Gasteiger partial charge in [0.2, 0.25) is 5.28 Å². The zero-order valence-corrected chi connectivity index (χ0v) is 11.4. The van der Waals surface area contributed by atoms with Gasteiger partial charge in [0.15, 0.2) is 0 Å². The number of rotatable bonds is 3. The molecule has 0 aliphatic rings. The smallest absolute Gasteiger partial charge is 0.224 e. The van der Waals surface area contributed by atoms with Gasteiger partial charge in [-0.25, -0.2) is 9.97 Å². The minimum atomic E-state index is 0.0670. The van der Waals surface area contributed by atoms with E-state index in [-0.39, 0.29) is 11.3 Å². The van der Waals surface area contributed by atoms with Crippen LogP contribution in [0.15, 0.2) is 30.5 Å². The van der Waals surface area contributed by atoms with Crippen LogP contribution in [-0.4, -0.2) is 9.97 Å². The first-order valence-corrected chi connectivity index (χ1v) is 6.23. The van der Waals surface area contributed by atoms with E-state index in [2.05, 4.69) is 21.4 Å². The highest BCUT2D eigenvalue weighted by Gasteiger charge is 2.09. The molecule has 2 rings (SSSR count). The van der Waals surface area contributed by atoms with Gasteiger partial charge in [-0.1, -0.05) is 12.1 Å². The van der Waals surface area contributed by atoms with E-state index in [0.29, 0.717) is 5.56 Å². The lowest BCUT2D eigenvalue weighted by atomic mass is 10.1. The molecule has 5 heteroatoms. The summed E-state index contributed by atoms with van der Waals surface area (Å²) in [5, 5.41) is 12.3. The maximum Gasteiger partial charge on any atom is 0.224 e. The zero-order chi connectivity index (χ0) is 13.8. The predicted octanol–water partition coefficient (Wildman–Crippen LogP) is 3.48. The number of aromatic nitrogens is 2. The van der Waals surface area contributed by atoms with Crippen molar-refractivity contribution in [3.05, 3.63) is 52.4 Å². The molecule has 0 saturated carbocycles. The normalized spacial score (nSPS) is 11.7. The van der Waals surface area contributed by atoms with E-state index >= 15 is 0 Å². The van der Waals surface area contributed by atoms with Crippen molar-refractivity contribution in [3.8, 4) is 6.07 Å². The summed E-state index contributed by atoms with van der Waals surface area (Å²) < 4.78 is 0. The van der Waals surface area contributed by atoms with Crippen molar-refractivity contribution in [2.24, 2.45) is 0 Å². The number of anilines is 1. The van der Waals surface area contributed by atoms with Crippen molar-refractivity contribution in [3.63, 3.8) is 0 Å². The van der Waals surface area contributed by atoms with Crippen molar-refractivity contribution >= 4 is 17.4 Å². The van der Waals surface area contributed by atoms with Crippen molar-refractivity contribution in [1.29, 1.82) is 5.26 Å². The molecule has 1 aromatic carbocycles. The van der Waals surface area contributed by atoms with Crippen LogP contribution in [0.2, 0.25) is 5.28 Å². The second-order valence-corrected chi connectivity index (χ2v) is 4.61. The molecule has 19 heavy (non-hydrogen) atoms. The molecule has 0 spiro atoms. The van der Waals surface area contributed by atoms with E-state index in [4.69, 9.17) is 16.9 Å². The molecule has 0 radical (unpaired) electrons. The molecule has 0 aliphatic carbocycles. The number of halogens is 1. The number of aryl methyl sites for hydroxylation is 1. The largest absolute Gasteiger partial charge is 0.363 e. The minimum absolute atomic E-state index is 0.0670. The fourth-order valence-electron chi connectivity index (χ4n) is 1.70. The molecule has 0 bridgehead atoms.